The average molecular weight is 331 g/mol. The van der Waals surface area contributed by atoms with Crippen molar-refractivity contribution in [3.8, 4) is 0 Å². The minimum absolute atomic E-state index is 0.0907. The topological polar surface area (TPSA) is 78.1 Å². The summed E-state index contributed by atoms with van der Waals surface area (Å²) in [6, 6.07) is 3.63. The van der Waals surface area contributed by atoms with E-state index >= 15 is 0 Å². The van der Waals surface area contributed by atoms with Crippen molar-refractivity contribution in [3.63, 3.8) is 0 Å². The average Bonchev–Trinajstić information content (AvgIpc) is 2.96. The summed E-state index contributed by atoms with van der Waals surface area (Å²) < 4.78 is 1.85. The number of aryl methyl sites for hydroxylation is 1. The van der Waals surface area contributed by atoms with E-state index in [4.69, 9.17) is 0 Å². The van der Waals surface area contributed by atoms with Gasteiger partial charge in [0.25, 0.3) is 5.91 Å². The van der Waals surface area contributed by atoms with Crippen LogP contribution in [-0.4, -0.2) is 56.2 Å². The van der Waals surface area contributed by atoms with Crippen LogP contribution in [0, 0.1) is 12.3 Å². The van der Waals surface area contributed by atoms with Gasteiger partial charge in [0.1, 0.15) is 5.65 Å². The Hall–Kier alpha value is -1.92. The molecule has 6 heteroatoms. The monoisotopic (exact) mass is 331 g/mol. The van der Waals surface area contributed by atoms with Gasteiger partial charge in [-0.25, -0.2) is 4.98 Å². The Bertz CT molecular complexity index is 742. The highest BCUT2D eigenvalue weighted by atomic mass is 16.3. The molecular formula is C18H25N3O3. The van der Waals surface area contributed by atoms with Crippen molar-refractivity contribution in [2.24, 2.45) is 5.41 Å². The van der Waals surface area contributed by atoms with E-state index in [0.29, 0.717) is 37.1 Å². The molecule has 0 unspecified atom stereocenters. The Labute approximate surface area is 141 Å². The molecule has 2 aromatic rings. The van der Waals surface area contributed by atoms with E-state index in [-0.39, 0.29) is 12.5 Å². The van der Waals surface area contributed by atoms with Gasteiger partial charge in [-0.3, -0.25) is 4.79 Å². The molecule has 3 heterocycles. The van der Waals surface area contributed by atoms with E-state index in [1.165, 1.54) is 0 Å². The Morgan fingerprint density at radius 3 is 3.00 bits per heavy atom. The summed E-state index contributed by atoms with van der Waals surface area (Å²) in [4.78, 5) is 19.2. The van der Waals surface area contributed by atoms with E-state index in [2.05, 4.69) is 4.98 Å². The number of rotatable bonds is 4. The standard InChI is InChI=1S/C18H25N3O3/c1-3-7-18(12-22)11-21(9-6-15(18)23)17(24)14-5-4-8-20-10-13(2)19-16(14)20/h4-5,8,10,15,22-23H,3,6-7,9,11-12H2,1-2H3/t15-,18+/m1/s1. The second-order valence-electron chi connectivity index (χ2n) is 6.84. The molecule has 3 rings (SSSR count). The largest absolute Gasteiger partial charge is 0.396 e. The van der Waals surface area contributed by atoms with Crippen LogP contribution in [0.25, 0.3) is 5.65 Å². The van der Waals surface area contributed by atoms with Crippen molar-refractivity contribution >= 4 is 11.6 Å². The number of carbonyl (C=O) groups excluding carboxylic acids is 1. The van der Waals surface area contributed by atoms with Gasteiger partial charge < -0.3 is 19.5 Å². The lowest BCUT2D eigenvalue weighted by atomic mass is 9.74. The summed E-state index contributed by atoms with van der Waals surface area (Å²) in [6.45, 7) is 4.68. The number of amides is 1. The molecule has 1 fully saturated rings. The molecule has 2 atom stereocenters. The number of aromatic nitrogens is 2. The SMILES string of the molecule is CCC[C@@]1(CO)CN(C(=O)c2cccn3cc(C)nc23)CC[C@H]1O. The number of piperidine rings is 1. The Morgan fingerprint density at radius 2 is 2.29 bits per heavy atom. The predicted octanol–water partition coefficient (Wildman–Crippen LogP) is 1.63. The molecule has 130 valence electrons. The number of carbonyl (C=O) groups is 1. The lowest BCUT2D eigenvalue weighted by molar-refractivity contribution is -0.0719. The third-order valence-corrected chi connectivity index (χ3v) is 5.07. The van der Waals surface area contributed by atoms with Crippen LogP contribution < -0.4 is 0 Å². The van der Waals surface area contributed by atoms with Gasteiger partial charge in [-0.15, -0.1) is 0 Å². The zero-order valence-electron chi connectivity index (χ0n) is 14.3. The number of pyridine rings is 1. The zero-order valence-corrected chi connectivity index (χ0v) is 14.3. The van der Waals surface area contributed by atoms with Gasteiger partial charge >= 0.3 is 0 Å². The molecule has 24 heavy (non-hydrogen) atoms. The highest BCUT2D eigenvalue weighted by molar-refractivity contribution is 5.99. The number of aliphatic hydroxyl groups excluding tert-OH is 2. The first kappa shape index (κ1) is 16.9. The third kappa shape index (κ3) is 2.80. The molecule has 0 saturated carbocycles. The minimum atomic E-state index is -0.626. The van der Waals surface area contributed by atoms with Crippen LogP contribution in [0.5, 0.6) is 0 Å². The normalized spacial score (nSPS) is 24.5. The van der Waals surface area contributed by atoms with E-state index < -0.39 is 11.5 Å². The van der Waals surface area contributed by atoms with Crippen LogP contribution in [0.4, 0.5) is 0 Å². The minimum Gasteiger partial charge on any atom is -0.396 e. The summed E-state index contributed by atoms with van der Waals surface area (Å²) in [5, 5.41) is 20.3. The van der Waals surface area contributed by atoms with Crippen LogP contribution in [-0.2, 0) is 0 Å². The van der Waals surface area contributed by atoms with Gasteiger partial charge in [0.15, 0.2) is 0 Å². The fourth-order valence-electron chi connectivity index (χ4n) is 3.77. The molecule has 0 bridgehead atoms. The molecule has 2 N–H and O–H groups in total. The van der Waals surface area contributed by atoms with Gasteiger partial charge in [-0.2, -0.15) is 0 Å². The highest BCUT2D eigenvalue weighted by Crippen LogP contribution is 2.35. The summed E-state index contributed by atoms with van der Waals surface area (Å²) in [5.74, 6) is -0.0907. The Morgan fingerprint density at radius 1 is 1.50 bits per heavy atom. The summed E-state index contributed by atoms with van der Waals surface area (Å²) in [5.41, 5.74) is 1.44. The molecule has 0 radical (unpaired) electrons. The van der Waals surface area contributed by atoms with E-state index in [9.17, 15) is 15.0 Å². The lowest BCUT2D eigenvalue weighted by Gasteiger charge is -2.45. The summed E-state index contributed by atoms with van der Waals surface area (Å²) in [7, 11) is 0. The fraction of sp³-hybridized carbons (Fsp3) is 0.556. The van der Waals surface area contributed by atoms with Crippen molar-refractivity contribution < 1.29 is 15.0 Å². The predicted molar refractivity (Wildman–Crippen MR) is 90.9 cm³/mol. The molecule has 0 spiro atoms. The van der Waals surface area contributed by atoms with Gasteiger partial charge in [0.05, 0.1) is 24.0 Å². The smallest absolute Gasteiger partial charge is 0.257 e. The van der Waals surface area contributed by atoms with E-state index in [0.717, 1.165) is 12.1 Å². The molecule has 1 amide bonds. The molecule has 6 nitrogen and oxygen atoms in total. The van der Waals surface area contributed by atoms with Gasteiger partial charge in [-0.1, -0.05) is 13.3 Å². The third-order valence-electron chi connectivity index (χ3n) is 5.07. The number of hydrogen-bond donors (Lipinski definition) is 2. The first-order valence-corrected chi connectivity index (χ1v) is 8.53. The lowest BCUT2D eigenvalue weighted by Crippen LogP contribution is -2.55. The fourth-order valence-corrected chi connectivity index (χ4v) is 3.77. The molecule has 1 aliphatic heterocycles. The second kappa shape index (κ2) is 6.53. The highest BCUT2D eigenvalue weighted by Gasteiger charge is 2.43. The van der Waals surface area contributed by atoms with Crippen molar-refractivity contribution in [2.75, 3.05) is 19.7 Å². The number of aliphatic hydroxyl groups is 2. The molecular weight excluding hydrogens is 306 g/mol. The first-order valence-electron chi connectivity index (χ1n) is 8.53. The second-order valence-corrected chi connectivity index (χ2v) is 6.84. The first-order chi connectivity index (χ1) is 11.5. The van der Waals surface area contributed by atoms with Gasteiger partial charge in [-0.05, 0) is 31.9 Å². The van der Waals surface area contributed by atoms with Crippen LogP contribution in [0.1, 0.15) is 42.2 Å². The number of fused-ring (bicyclic) bond motifs is 1. The van der Waals surface area contributed by atoms with Gasteiger partial charge in [0.2, 0.25) is 0 Å². The number of imidazole rings is 1. The Kier molecular flexibility index (Phi) is 4.60. The van der Waals surface area contributed by atoms with Crippen LogP contribution in [0.2, 0.25) is 0 Å². The molecule has 1 aliphatic rings. The van der Waals surface area contributed by atoms with Gasteiger partial charge in [0, 0.05) is 30.9 Å². The zero-order chi connectivity index (χ0) is 17.3. The quantitative estimate of drug-likeness (QED) is 0.892. The number of hydrogen-bond acceptors (Lipinski definition) is 4. The Balaban J connectivity index is 1.91. The molecule has 0 aromatic carbocycles. The van der Waals surface area contributed by atoms with Crippen LogP contribution in [0.15, 0.2) is 24.5 Å². The summed E-state index contributed by atoms with van der Waals surface area (Å²) in [6.07, 6.45) is 5.23. The van der Waals surface area contributed by atoms with Crippen molar-refractivity contribution in [1.82, 2.24) is 14.3 Å². The maximum atomic E-state index is 13.0. The molecule has 2 aromatic heterocycles. The van der Waals surface area contributed by atoms with Crippen molar-refractivity contribution in [3.05, 3.63) is 35.8 Å². The van der Waals surface area contributed by atoms with Crippen molar-refractivity contribution in [1.29, 1.82) is 0 Å². The number of nitrogens with zero attached hydrogens (tertiary/aromatic N) is 3. The maximum absolute atomic E-state index is 13.0. The van der Waals surface area contributed by atoms with E-state index in [1.807, 2.05) is 36.7 Å². The van der Waals surface area contributed by atoms with E-state index in [1.54, 1.807) is 11.0 Å². The maximum Gasteiger partial charge on any atom is 0.257 e. The van der Waals surface area contributed by atoms with Crippen molar-refractivity contribution in [2.45, 2.75) is 39.2 Å². The summed E-state index contributed by atoms with van der Waals surface area (Å²) >= 11 is 0. The molecule has 1 saturated heterocycles. The van der Waals surface area contributed by atoms with Crippen LogP contribution in [0.3, 0.4) is 0 Å². The molecule has 0 aliphatic carbocycles. The number of likely N-dealkylation sites (tertiary alicyclic amines) is 1. The van der Waals surface area contributed by atoms with Crippen LogP contribution >= 0.6 is 0 Å².